The summed E-state index contributed by atoms with van der Waals surface area (Å²) in [4.78, 5) is 25.7. The van der Waals surface area contributed by atoms with Gasteiger partial charge in [0.2, 0.25) is 5.91 Å². The van der Waals surface area contributed by atoms with Gasteiger partial charge in [-0.3, -0.25) is 9.59 Å². The molecule has 2 aromatic rings. The fraction of sp³-hybridized carbons (Fsp3) is 0.222. The van der Waals surface area contributed by atoms with Gasteiger partial charge in [0.05, 0.1) is 10.0 Å². The lowest BCUT2D eigenvalue weighted by molar-refractivity contribution is -0.117. The van der Waals surface area contributed by atoms with Crippen LogP contribution >= 0.6 is 23.2 Å². The van der Waals surface area contributed by atoms with Crippen molar-refractivity contribution in [3.05, 3.63) is 58.1 Å². The van der Waals surface area contributed by atoms with E-state index in [9.17, 15) is 9.59 Å². The van der Waals surface area contributed by atoms with Crippen LogP contribution in [0.15, 0.2) is 42.5 Å². The molecular weight excluding hydrogens is 349 g/mol. The number of hydrogen-bond acceptors (Lipinski definition) is 3. The zero-order chi connectivity index (χ0) is 17.1. The molecule has 3 rings (SSSR count). The van der Waals surface area contributed by atoms with Crippen LogP contribution < -0.4 is 9.64 Å². The standard InChI is InChI=1S/C18H15Cl2NO3/c19-14-3-1-4-15(20)18(14)24-11-16(22)12-6-8-13(9-7-12)21-10-2-5-17(21)23/h1,3-4,6-9H,2,5,10-11H2. The molecule has 24 heavy (non-hydrogen) atoms. The van der Waals surface area contributed by atoms with E-state index in [-0.39, 0.29) is 18.3 Å². The minimum atomic E-state index is -0.190. The molecule has 1 aliphatic rings. The van der Waals surface area contributed by atoms with Crippen LogP contribution in [0.2, 0.25) is 10.0 Å². The quantitative estimate of drug-likeness (QED) is 0.740. The van der Waals surface area contributed by atoms with Gasteiger partial charge in [0.1, 0.15) is 0 Å². The third-order valence-corrected chi connectivity index (χ3v) is 4.44. The second-order valence-electron chi connectivity index (χ2n) is 5.46. The van der Waals surface area contributed by atoms with E-state index in [0.717, 1.165) is 18.7 Å². The van der Waals surface area contributed by atoms with Crippen LogP contribution in [0.25, 0.3) is 0 Å². The predicted molar refractivity (Wildman–Crippen MR) is 94.3 cm³/mol. The Labute approximate surface area is 149 Å². The Morgan fingerprint density at radius 1 is 1.08 bits per heavy atom. The van der Waals surface area contributed by atoms with E-state index in [2.05, 4.69) is 0 Å². The van der Waals surface area contributed by atoms with Gasteiger partial charge in [-0.15, -0.1) is 0 Å². The number of ketones is 1. The molecule has 1 fully saturated rings. The van der Waals surface area contributed by atoms with Crippen molar-refractivity contribution in [3.8, 4) is 5.75 Å². The van der Waals surface area contributed by atoms with Crippen molar-refractivity contribution in [1.29, 1.82) is 0 Å². The fourth-order valence-electron chi connectivity index (χ4n) is 2.59. The van der Waals surface area contributed by atoms with Gasteiger partial charge < -0.3 is 9.64 Å². The second-order valence-corrected chi connectivity index (χ2v) is 6.27. The first-order chi connectivity index (χ1) is 11.6. The molecule has 1 saturated heterocycles. The number of para-hydroxylation sites is 1. The molecule has 0 atom stereocenters. The highest BCUT2D eigenvalue weighted by atomic mass is 35.5. The fourth-order valence-corrected chi connectivity index (χ4v) is 3.10. The van der Waals surface area contributed by atoms with Crippen LogP contribution in [0.3, 0.4) is 0 Å². The molecule has 0 radical (unpaired) electrons. The molecule has 6 heteroatoms. The van der Waals surface area contributed by atoms with Crippen LogP contribution in [-0.2, 0) is 4.79 Å². The van der Waals surface area contributed by atoms with Gasteiger partial charge in [-0.1, -0.05) is 29.3 Å². The van der Waals surface area contributed by atoms with E-state index in [0.29, 0.717) is 27.8 Å². The minimum Gasteiger partial charge on any atom is -0.482 e. The molecule has 1 amide bonds. The molecule has 2 aromatic carbocycles. The SMILES string of the molecule is O=C(COc1c(Cl)cccc1Cl)c1ccc(N2CCCC2=O)cc1. The van der Waals surface area contributed by atoms with Crippen molar-refractivity contribution in [2.75, 3.05) is 18.1 Å². The Kier molecular flexibility index (Phi) is 5.07. The van der Waals surface area contributed by atoms with Crippen LogP contribution in [0.1, 0.15) is 23.2 Å². The maximum Gasteiger partial charge on any atom is 0.227 e. The largest absolute Gasteiger partial charge is 0.482 e. The predicted octanol–water partition coefficient (Wildman–Crippen LogP) is 4.38. The number of anilines is 1. The zero-order valence-electron chi connectivity index (χ0n) is 12.8. The van der Waals surface area contributed by atoms with Crippen LogP contribution in [0.5, 0.6) is 5.75 Å². The molecule has 1 heterocycles. The van der Waals surface area contributed by atoms with Crippen LogP contribution in [-0.4, -0.2) is 24.8 Å². The van der Waals surface area contributed by atoms with Gasteiger partial charge in [-0.2, -0.15) is 0 Å². The molecule has 0 N–H and O–H groups in total. The number of hydrogen-bond donors (Lipinski definition) is 0. The Bertz CT molecular complexity index is 754. The summed E-state index contributed by atoms with van der Waals surface area (Å²) < 4.78 is 5.45. The Morgan fingerprint density at radius 3 is 2.33 bits per heavy atom. The van der Waals surface area contributed by atoms with Crippen molar-refractivity contribution in [3.63, 3.8) is 0 Å². The normalized spacial score (nSPS) is 14.1. The van der Waals surface area contributed by atoms with Gasteiger partial charge in [0, 0.05) is 24.2 Å². The average molecular weight is 364 g/mol. The number of Topliss-reactive ketones (excluding diaryl/α,β-unsaturated/α-hetero) is 1. The summed E-state index contributed by atoms with van der Waals surface area (Å²) in [6.07, 6.45) is 1.44. The molecule has 4 nitrogen and oxygen atoms in total. The summed E-state index contributed by atoms with van der Waals surface area (Å²) in [5.41, 5.74) is 1.32. The summed E-state index contributed by atoms with van der Waals surface area (Å²) in [5, 5.41) is 0.719. The number of carbonyl (C=O) groups excluding carboxylic acids is 2. The molecule has 0 unspecified atom stereocenters. The smallest absolute Gasteiger partial charge is 0.227 e. The van der Waals surface area contributed by atoms with Gasteiger partial charge in [0.15, 0.2) is 18.1 Å². The maximum absolute atomic E-state index is 12.2. The number of ether oxygens (including phenoxy) is 1. The number of halogens is 2. The molecular formula is C18H15Cl2NO3. The van der Waals surface area contributed by atoms with E-state index >= 15 is 0 Å². The summed E-state index contributed by atoms with van der Waals surface area (Å²) in [7, 11) is 0. The summed E-state index contributed by atoms with van der Waals surface area (Å²) in [6, 6.07) is 11.9. The van der Waals surface area contributed by atoms with Crippen molar-refractivity contribution >= 4 is 40.6 Å². The summed E-state index contributed by atoms with van der Waals surface area (Å²) in [6.45, 7) is 0.561. The number of nitrogens with zero attached hydrogens (tertiary/aromatic N) is 1. The highest BCUT2D eigenvalue weighted by molar-refractivity contribution is 6.37. The molecule has 0 spiro atoms. The summed E-state index contributed by atoms with van der Waals surface area (Å²) >= 11 is 12.0. The van der Waals surface area contributed by atoms with E-state index in [4.69, 9.17) is 27.9 Å². The highest BCUT2D eigenvalue weighted by Crippen LogP contribution is 2.32. The number of amides is 1. The Balaban J connectivity index is 1.66. The zero-order valence-corrected chi connectivity index (χ0v) is 14.3. The Hall–Kier alpha value is -2.04. The minimum absolute atomic E-state index is 0.116. The first-order valence-corrected chi connectivity index (χ1v) is 8.32. The molecule has 1 aliphatic heterocycles. The van der Waals surface area contributed by atoms with Crippen molar-refractivity contribution in [1.82, 2.24) is 0 Å². The molecule has 0 aromatic heterocycles. The molecule has 0 saturated carbocycles. The number of benzene rings is 2. The van der Waals surface area contributed by atoms with Crippen molar-refractivity contribution in [2.24, 2.45) is 0 Å². The van der Waals surface area contributed by atoms with E-state index in [1.807, 2.05) is 0 Å². The Morgan fingerprint density at radius 2 is 1.75 bits per heavy atom. The first kappa shape index (κ1) is 16.8. The van der Waals surface area contributed by atoms with Gasteiger partial charge in [0.25, 0.3) is 0 Å². The third-order valence-electron chi connectivity index (χ3n) is 3.84. The summed E-state index contributed by atoms with van der Waals surface area (Å²) in [5.74, 6) is 0.226. The monoisotopic (exact) mass is 363 g/mol. The van der Waals surface area contributed by atoms with Gasteiger partial charge in [-0.25, -0.2) is 0 Å². The van der Waals surface area contributed by atoms with Crippen LogP contribution in [0.4, 0.5) is 5.69 Å². The lowest BCUT2D eigenvalue weighted by Gasteiger charge is -2.15. The molecule has 124 valence electrons. The van der Waals surface area contributed by atoms with E-state index in [1.54, 1.807) is 47.4 Å². The molecule has 0 aliphatic carbocycles. The van der Waals surface area contributed by atoms with Crippen LogP contribution in [0, 0.1) is 0 Å². The highest BCUT2D eigenvalue weighted by Gasteiger charge is 2.21. The topological polar surface area (TPSA) is 46.6 Å². The van der Waals surface area contributed by atoms with Crippen molar-refractivity contribution < 1.29 is 14.3 Å². The maximum atomic E-state index is 12.2. The van der Waals surface area contributed by atoms with Gasteiger partial charge >= 0.3 is 0 Å². The van der Waals surface area contributed by atoms with Crippen molar-refractivity contribution in [2.45, 2.75) is 12.8 Å². The van der Waals surface area contributed by atoms with Gasteiger partial charge in [-0.05, 0) is 42.8 Å². The number of carbonyl (C=O) groups is 2. The first-order valence-electron chi connectivity index (χ1n) is 7.56. The third kappa shape index (κ3) is 3.55. The lowest BCUT2D eigenvalue weighted by Crippen LogP contribution is -2.23. The second kappa shape index (κ2) is 7.24. The average Bonchev–Trinajstić information content (AvgIpc) is 3.00. The lowest BCUT2D eigenvalue weighted by atomic mass is 10.1. The van der Waals surface area contributed by atoms with E-state index in [1.165, 1.54) is 0 Å². The number of rotatable bonds is 5. The van der Waals surface area contributed by atoms with E-state index < -0.39 is 0 Å². The molecule has 0 bridgehead atoms.